The lowest BCUT2D eigenvalue weighted by Gasteiger charge is -2.02. The molecule has 0 saturated carbocycles. The van der Waals surface area contributed by atoms with Gasteiger partial charge in [0.25, 0.3) is 0 Å². The second-order valence-corrected chi connectivity index (χ2v) is 4.13. The molecule has 0 aliphatic heterocycles. The predicted octanol–water partition coefficient (Wildman–Crippen LogP) is 2.42. The first-order valence-electron chi connectivity index (χ1n) is 5.23. The van der Waals surface area contributed by atoms with Crippen LogP contribution < -0.4 is 0 Å². The maximum Gasteiger partial charge on any atom is 0.339 e. The molecule has 6 heteroatoms. The Morgan fingerprint density at radius 1 is 1.41 bits per heavy atom. The molecule has 5 nitrogen and oxygen atoms in total. The second-order valence-electron chi connectivity index (χ2n) is 3.77. The van der Waals surface area contributed by atoms with Crippen LogP contribution in [0, 0.1) is 13.8 Å². The van der Waals surface area contributed by atoms with Crippen molar-refractivity contribution in [1.82, 2.24) is 14.5 Å². The number of hydrogen-bond donors (Lipinski definition) is 1. The van der Waals surface area contributed by atoms with Crippen LogP contribution in [-0.4, -0.2) is 25.6 Å². The van der Waals surface area contributed by atoms with Crippen molar-refractivity contribution < 1.29 is 9.90 Å². The van der Waals surface area contributed by atoms with Gasteiger partial charge in [-0.05, 0) is 20.8 Å². The Bertz CT molecular complexity index is 619. The van der Waals surface area contributed by atoms with Crippen molar-refractivity contribution in [2.24, 2.45) is 0 Å². The van der Waals surface area contributed by atoms with Crippen LogP contribution in [0.5, 0.6) is 0 Å². The Labute approximate surface area is 103 Å². The lowest BCUT2D eigenvalue weighted by molar-refractivity contribution is 0.0699. The van der Waals surface area contributed by atoms with Gasteiger partial charge in [0.2, 0.25) is 0 Å². The summed E-state index contributed by atoms with van der Waals surface area (Å²) in [6.45, 7) is 6.00. The topological polar surface area (TPSA) is 68.0 Å². The highest BCUT2D eigenvalue weighted by molar-refractivity contribution is 6.35. The fourth-order valence-corrected chi connectivity index (χ4v) is 2.37. The minimum absolute atomic E-state index is 0.0843. The Kier molecular flexibility index (Phi) is 2.79. The molecular formula is C11H12ClN3O2. The highest BCUT2D eigenvalue weighted by atomic mass is 35.5. The predicted molar refractivity (Wildman–Crippen MR) is 64.6 cm³/mol. The van der Waals surface area contributed by atoms with Gasteiger partial charge >= 0.3 is 5.97 Å². The molecule has 2 heterocycles. The standard InChI is InChI=1S/C11H12ClN3O2/c1-4-15-9(12)8(11(16)17)7-5(2)13-6(3)14-10(7)15/h4H2,1-3H3,(H,16,17). The van der Waals surface area contributed by atoms with Crippen LogP contribution in [0.4, 0.5) is 0 Å². The van der Waals surface area contributed by atoms with Crippen LogP contribution in [0.25, 0.3) is 11.0 Å². The van der Waals surface area contributed by atoms with Gasteiger partial charge in [-0.15, -0.1) is 0 Å². The maximum absolute atomic E-state index is 11.2. The van der Waals surface area contributed by atoms with E-state index in [4.69, 9.17) is 11.6 Å². The van der Waals surface area contributed by atoms with Gasteiger partial charge in [-0.25, -0.2) is 14.8 Å². The number of carboxylic acid groups (broad SMARTS) is 1. The maximum atomic E-state index is 11.2. The minimum atomic E-state index is -1.05. The van der Waals surface area contributed by atoms with E-state index in [9.17, 15) is 9.90 Å². The number of aromatic nitrogens is 3. The Morgan fingerprint density at radius 3 is 2.59 bits per heavy atom. The van der Waals surface area contributed by atoms with Crippen molar-refractivity contribution in [3.63, 3.8) is 0 Å². The largest absolute Gasteiger partial charge is 0.478 e. The van der Waals surface area contributed by atoms with Gasteiger partial charge in [-0.2, -0.15) is 0 Å². The van der Waals surface area contributed by atoms with E-state index in [2.05, 4.69) is 9.97 Å². The number of hydrogen-bond acceptors (Lipinski definition) is 3. The normalized spacial score (nSPS) is 11.1. The molecular weight excluding hydrogens is 242 g/mol. The van der Waals surface area contributed by atoms with E-state index in [1.165, 1.54) is 0 Å². The Balaban J connectivity index is 3.00. The number of aromatic carboxylic acids is 1. The Hall–Kier alpha value is -1.62. The quantitative estimate of drug-likeness (QED) is 0.892. The molecule has 0 atom stereocenters. The monoisotopic (exact) mass is 253 g/mol. The second kappa shape index (κ2) is 4.00. The third kappa shape index (κ3) is 1.67. The fourth-order valence-electron chi connectivity index (χ4n) is 2.00. The van der Waals surface area contributed by atoms with Gasteiger partial charge < -0.3 is 9.67 Å². The average Bonchev–Trinajstić information content (AvgIpc) is 2.50. The van der Waals surface area contributed by atoms with Crippen molar-refractivity contribution in [3.8, 4) is 0 Å². The van der Waals surface area contributed by atoms with Gasteiger partial charge in [0, 0.05) is 6.54 Å². The fraction of sp³-hybridized carbons (Fsp3) is 0.364. The van der Waals surface area contributed by atoms with Crippen molar-refractivity contribution in [2.45, 2.75) is 27.3 Å². The Morgan fingerprint density at radius 2 is 2.06 bits per heavy atom. The smallest absolute Gasteiger partial charge is 0.339 e. The number of carbonyl (C=O) groups is 1. The molecule has 0 radical (unpaired) electrons. The average molecular weight is 254 g/mol. The number of aryl methyl sites for hydroxylation is 3. The molecule has 90 valence electrons. The van der Waals surface area contributed by atoms with Crippen LogP contribution in [0.15, 0.2) is 0 Å². The van der Waals surface area contributed by atoms with E-state index >= 15 is 0 Å². The molecule has 0 unspecified atom stereocenters. The minimum Gasteiger partial charge on any atom is -0.478 e. The molecule has 0 aliphatic carbocycles. The van der Waals surface area contributed by atoms with Gasteiger partial charge in [0.15, 0.2) is 0 Å². The zero-order chi connectivity index (χ0) is 12.7. The van der Waals surface area contributed by atoms with E-state index in [-0.39, 0.29) is 10.7 Å². The number of fused-ring (bicyclic) bond motifs is 1. The molecule has 0 amide bonds. The van der Waals surface area contributed by atoms with Crippen LogP contribution >= 0.6 is 11.6 Å². The lowest BCUT2D eigenvalue weighted by atomic mass is 10.2. The number of carboxylic acids is 1. The summed E-state index contributed by atoms with van der Waals surface area (Å²) in [7, 11) is 0. The molecule has 0 bridgehead atoms. The zero-order valence-corrected chi connectivity index (χ0v) is 10.5. The van der Waals surface area contributed by atoms with E-state index in [1.807, 2.05) is 6.92 Å². The molecule has 17 heavy (non-hydrogen) atoms. The number of halogens is 1. The molecule has 0 aromatic carbocycles. The first kappa shape index (κ1) is 11.9. The van der Waals surface area contributed by atoms with Crippen LogP contribution in [0.3, 0.4) is 0 Å². The summed E-state index contributed by atoms with van der Waals surface area (Å²) in [6.07, 6.45) is 0. The molecule has 0 spiro atoms. The van der Waals surface area contributed by atoms with E-state index in [0.717, 1.165) is 0 Å². The summed E-state index contributed by atoms with van der Waals surface area (Å²) < 4.78 is 1.68. The van der Waals surface area contributed by atoms with Crippen molar-refractivity contribution in [1.29, 1.82) is 0 Å². The molecule has 0 aliphatic rings. The number of nitrogens with zero attached hydrogens (tertiary/aromatic N) is 3. The van der Waals surface area contributed by atoms with E-state index in [0.29, 0.717) is 29.1 Å². The van der Waals surface area contributed by atoms with Crippen molar-refractivity contribution >= 4 is 28.6 Å². The summed E-state index contributed by atoms with van der Waals surface area (Å²) >= 11 is 6.09. The molecule has 0 saturated heterocycles. The molecule has 2 aromatic rings. The van der Waals surface area contributed by atoms with Gasteiger partial charge in [-0.3, -0.25) is 0 Å². The highest BCUT2D eigenvalue weighted by Crippen LogP contribution is 2.30. The molecule has 2 rings (SSSR count). The summed E-state index contributed by atoms with van der Waals surface area (Å²) in [6, 6.07) is 0. The first-order valence-corrected chi connectivity index (χ1v) is 5.61. The highest BCUT2D eigenvalue weighted by Gasteiger charge is 2.23. The van der Waals surface area contributed by atoms with Gasteiger partial charge in [-0.1, -0.05) is 11.6 Å². The lowest BCUT2D eigenvalue weighted by Crippen LogP contribution is -1.98. The number of rotatable bonds is 2. The first-order chi connectivity index (χ1) is 7.97. The summed E-state index contributed by atoms with van der Waals surface area (Å²) in [5.41, 5.74) is 1.31. The van der Waals surface area contributed by atoms with Crippen LogP contribution in [-0.2, 0) is 6.54 Å². The molecule has 1 N–H and O–H groups in total. The zero-order valence-electron chi connectivity index (χ0n) is 9.78. The van der Waals surface area contributed by atoms with E-state index in [1.54, 1.807) is 18.4 Å². The van der Waals surface area contributed by atoms with Crippen molar-refractivity contribution in [2.75, 3.05) is 0 Å². The summed E-state index contributed by atoms with van der Waals surface area (Å²) in [5.74, 6) is -0.446. The molecule has 0 fully saturated rings. The van der Waals surface area contributed by atoms with Gasteiger partial charge in [0.05, 0.1) is 11.1 Å². The van der Waals surface area contributed by atoms with Crippen LogP contribution in [0.2, 0.25) is 5.15 Å². The third-order valence-electron chi connectivity index (χ3n) is 2.66. The summed E-state index contributed by atoms with van der Waals surface area (Å²) in [4.78, 5) is 19.7. The van der Waals surface area contributed by atoms with Crippen LogP contribution in [0.1, 0.15) is 28.8 Å². The third-order valence-corrected chi connectivity index (χ3v) is 3.05. The van der Waals surface area contributed by atoms with Crippen molar-refractivity contribution in [3.05, 3.63) is 22.2 Å². The summed E-state index contributed by atoms with van der Waals surface area (Å²) in [5, 5.41) is 9.94. The SMILES string of the molecule is CCn1c(Cl)c(C(=O)O)c2c(C)nc(C)nc21. The van der Waals surface area contributed by atoms with E-state index < -0.39 is 5.97 Å². The van der Waals surface area contributed by atoms with Gasteiger partial charge in [0.1, 0.15) is 22.2 Å². The molecule has 2 aromatic heterocycles.